The molecule has 4 aromatic rings. The van der Waals surface area contributed by atoms with Crippen molar-refractivity contribution in [3.63, 3.8) is 0 Å². The minimum Gasteiger partial charge on any atom is -0.494 e. The fraction of sp³-hybridized carbons (Fsp3) is 0.286. The molecule has 9 heteroatoms. The molecule has 154 valence electrons. The van der Waals surface area contributed by atoms with E-state index in [4.69, 9.17) is 9.47 Å². The monoisotopic (exact) mass is 409 g/mol. The second kappa shape index (κ2) is 7.10. The number of nitrogens with zero attached hydrogens (tertiary/aromatic N) is 5. The Labute approximate surface area is 171 Å². The molecule has 5 rings (SSSR count). The van der Waals surface area contributed by atoms with Gasteiger partial charge in [0.15, 0.2) is 11.6 Å². The van der Waals surface area contributed by atoms with Gasteiger partial charge in [-0.25, -0.2) is 9.97 Å². The van der Waals surface area contributed by atoms with Crippen molar-refractivity contribution in [3.8, 4) is 28.7 Å². The van der Waals surface area contributed by atoms with Gasteiger partial charge in [0.05, 0.1) is 36.4 Å². The number of methoxy groups -OCH3 is 1. The normalized spacial score (nSPS) is 16.4. The van der Waals surface area contributed by atoms with Crippen LogP contribution in [-0.4, -0.2) is 49.7 Å². The van der Waals surface area contributed by atoms with Crippen molar-refractivity contribution in [1.82, 2.24) is 24.3 Å². The predicted octanol–water partition coefficient (Wildman–Crippen LogP) is 3.41. The van der Waals surface area contributed by atoms with Crippen molar-refractivity contribution in [1.29, 1.82) is 0 Å². The molecule has 0 amide bonds. The maximum atomic E-state index is 13.7. The predicted molar refractivity (Wildman–Crippen MR) is 107 cm³/mol. The Morgan fingerprint density at radius 3 is 2.97 bits per heavy atom. The lowest BCUT2D eigenvalue weighted by atomic mass is 10.1. The topological polar surface area (TPSA) is 87.2 Å². The highest BCUT2D eigenvalue weighted by atomic mass is 19.1. The van der Waals surface area contributed by atoms with E-state index < -0.39 is 5.95 Å². The molecule has 8 nitrogen and oxygen atoms in total. The number of fused-ring (bicyclic) bond motifs is 1. The SMILES string of the molecule is COc1cc(-c2cc(C)c3c(O)n(-c4ccn([C@H]5CCOC5)n4)cc3n2)cnc1F. The molecule has 1 N–H and O–H groups in total. The maximum Gasteiger partial charge on any atom is 0.255 e. The summed E-state index contributed by atoms with van der Waals surface area (Å²) in [6.45, 7) is 3.26. The van der Waals surface area contributed by atoms with Crippen molar-refractivity contribution in [2.24, 2.45) is 0 Å². The number of halogens is 1. The number of hydrogen-bond donors (Lipinski definition) is 1. The van der Waals surface area contributed by atoms with E-state index in [0.29, 0.717) is 34.6 Å². The summed E-state index contributed by atoms with van der Waals surface area (Å²) in [5.41, 5.74) is 2.66. The summed E-state index contributed by atoms with van der Waals surface area (Å²) in [5.74, 6) is 0.0488. The smallest absolute Gasteiger partial charge is 0.255 e. The zero-order valence-electron chi connectivity index (χ0n) is 16.5. The van der Waals surface area contributed by atoms with Gasteiger partial charge >= 0.3 is 0 Å². The molecule has 1 saturated heterocycles. The van der Waals surface area contributed by atoms with Crippen molar-refractivity contribution >= 4 is 10.9 Å². The molecule has 0 aromatic carbocycles. The number of aromatic nitrogens is 5. The third-order valence-corrected chi connectivity index (χ3v) is 5.39. The summed E-state index contributed by atoms with van der Waals surface area (Å²) in [5, 5.41) is 16.1. The molecule has 0 spiro atoms. The van der Waals surface area contributed by atoms with Crippen molar-refractivity contribution in [2.45, 2.75) is 19.4 Å². The second-order valence-electron chi connectivity index (χ2n) is 7.30. The Kier molecular flexibility index (Phi) is 4.39. The summed E-state index contributed by atoms with van der Waals surface area (Å²) in [6, 6.07) is 5.44. The number of hydrogen-bond acceptors (Lipinski definition) is 6. The first-order valence-corrected chi connectivity index (χ1v) is 9.60. The molecule has 1 fully saturated rings. The summed E-state index contributed by atoms with van der Waals surface area (Å²) >= 11 is 0. The van der Waals surface area contributed by atoms with Crippen LogP contribution >= 0.6 is 0 Å². The van der Waals surface area contributed by atoms with Gasteiger partial charge in [0.1, 0.15) is 0 Å². The molecule has 0 radical (unpaired) electrons. The molecule has 0 unspecified atom stereocenters. The zero-order chi connectivity index (χ0) is 20.8. The number of ether oxygens (including phenoxy) is 2. The van der Waals surface area contributed by atoms with Crippen LogP contribution < -0.4 is 4.74 Å². The lowest BCUT2D eigenvalue weighted by molar-refractivity contribution is 0.184. The Hall–Kier alpha value is -3.46. The van der Waals surface area contributed by atoms with Gasteiger partial charge in [0.2, 0.25) is 5.88 Å². The van der Waals surface area contributed by atoms with E-state index in [-0.39, 0.29) is 17.7 Å². The van der Waals surface area contributed by atoms with E-state index in [1.165, 1.54) is 13.3 Å². The standard InChI is InChI=1S/C21H20FN5O3/c1-12-7-15(13-8-17(29-2)20(22)23-9-13)24-16-10-26(21(28)19(12)16)18-3-5-27(25-18)14-4-6-30-11-14/h3,5,7-10,14,28H,4,6,11H2,1-2H3/t14-/m0/s1. The first-order chi connectivity index (χ1) is 14.5. The Balaban J connectivity index is 1.58. The van der Waals surface area contributed by atoms with Crippen molar-refractivity contribution in [3.05, 3.63) is 48.3 Å². The Bertz CT molecular complexity index is 1240. The highest BCUT2D eigenvalue weighted by Gasteiger charge is 2.21. The number of rotatable bonds is 4. The van der Waals surface area contributed by atoms with Gasteiger partial charge in [-0.1, -0.05) is 0 Å². The Morgan fingerprint density at radius 2 is 2.20 bits per heavy atom. The van der Waals surface area contributed by atoms with E-state index in [1.54, 1.807) is 16.8 Å². The van der Waals surface area contributed by atoms with E-state index in [1.807, 2.05) is 29.9 Å². The van der Waals surface area contributed by atoms with Crippen LogP contribution in [0, 0.1) is 12.9 Å². The first kappa shape index (κ1) is 18.6. The first-order valence-electron chi connectivity index (χ1n) is 9.60. The molecular weight excluding hydrogens is 389 g/mol. The van der Waals surface area contributed by atoms with Gasteiger partial charge in [0.25, 0.3) is 5.95 Å². The van der Waals surface area contributed by atoms with Crippen LogP contribution in [0.3, 0.4) is 0 Å². The lowest BCUT2D eigenvalue weighted by Gasteiger charge is -2.07. The van der Waals surface area contributed by atoms with Crippen LogP contribution in [0.5, 0.6) is 11.6 Å². The van der Waals surface area contributed by atoms with Crippen LogP contribution in [0.4, 0.5) is 4.39 Å². The number of pyridine rings is 2. The molecular formula is C21H20FN5O3. The van der Waals surface area contributed by atoms with Crippen LogP contribution in [-0.2, 0) is 4.74 Å². The van der Waals surface area contributed by atoms with E-state index in [2.05, 4.69) is 15.1 Å². The lowest BCUT2D eigenvalue weighted by Crippen LogP contribution is -2.09. The summed E-state index contributed by atoms with van der Waals surface area (Å²) in [7, 11) is 1.39. The molecule has 0 aliphatic carbocycles. The van der Waals surface area contributed by atoms with Gasteiger partial charge in [-0.2, -0.15) is 9.49 Å². The van der Waals surface area contributed by atoms with E-state index >= 15 is 0 Å². The quantitative estimate of drug-likeness (QED) is 0.520. The Morgan fingerprint density at radius 1 is 1.33 bits per heavy atom. The second-order valence-corrected chi connectivity index (χ2v) is 7.30. The molecule has 4 aromatic heterocycles. The highest BCUT2D eigenvalue weighted by Crippen LogP contribution is 2.34. The third kappa shape index (κ3) is 2.98. The van der Waals surface area contributed by atoms with Gasteiger partial charge in [0, 0.05) is 36.8 Å². The van der Waals surface area contributed by atoms with Gasteiger partial charge in [-0.05, 0) is 31.0 Å². The fourth-order valence-electron chi connectivity index (χ4n) is 3.81. The molecule has 30 heavy (non-hydrogen) atoms. The molecule has 1 aliphatic rings. The average Bonchev–Trinajstić information content (AvgIpc) is 3.48. The molecule has 0 bridgehead atoms. The largest absolute Gasteiger partial charge is 0.494 e. The van der Waals surface area contributed by atoms with E-state index in [0.717, 1.165) is 18.6 Å². The summed E-state index contributed by atoms with van der Waals surface area (Å²) < 4.78 is 27.6. The minimum absolute atomic E-state index is 0.0499. The van der Waals surface area contributed by atoms with Crippen LogP contribution in [0.2, 0.25) is 0 Å². The fourth-order valence-corrected chi connectivity index (χ4v) is 3.81. The van der Waals surface area contributed by atoms with Crippen molar-refractivity contribution < 1.29 is 19.0 Å². The van der Waals surface area contributed by atoms with Gasteiger partial charge in [-0.15, -0.1) is 0 Å². The van der Waals surface area contributed by atoms with Crippen LogP contribution in [0.1, 0.15) is 18.0 Å². The summed E-state index contributed by atoms with van der Waals surface area (Å²) in [6.07, 6.45) is 5.96. The molecule has 1 aliphatic heterocycles. The minimum atomic E-state index is -0.675. The molecule has 5 heterocycles. The number of aryl methyl sites for hydroxylation is 1. The number of aromatic hydroxyl groups is 1. The average molecular weight is 409 g/mol. The third-order valence-electron chi connectivity index (χ3n) is 5.39. The van der Waals surface area contributed by atoms with E-state index in [9.17, 15) is 9.50 Å². The molecule has 1 atom stereocenters. The maximum absolute atomic E-state index is 13.7. The highest BCUT2D eigenvalue weighted by molar-refractivity contribution is 5.90. The zero-order valence-corrected chi connectivity index (χ0v) is 16.5. The van der Waals surface area contributed by atoms with Crippen LogP contribution in [0.25, 0.3) is 28.0 Å². The van der Waals surface area contributed by atoms with Crippen molar-refractivity contribution in [2.75, 3.05) is 20.3 Å². The van der Waals surface area contributed by atoms with Crippen LogP contribution in [0.15, 0.2) is 36.8 Å². The van der Waals surface area contributed by atoms with Gasteiger partial charge in [-0.3, -0.25) is 9.25 Å². The van der Waals surface area contributed by atoms with Gasteiger partial charge < -0.3 is 14.6 Å². The molecule has 0 saturated carbocycles. The summed E-state index contributed by atoms with van der Waals surface area (Å²) in [4.78, 5) is 8.39.